The number of rotatable bonds is 41. The second-order valence-electron chi connectivity index (χ2n) is 16.4. The molecule has 1 unspecified atom stereocenters. The summed E-state index contributed by atoms with van der Waals surface area (Å²) < 4.78 is 34.2. The first kappa shape index (κ1) is 58.7. The summed E-state index contributed by atoms with van der Waals surface area (Å²) in [5.74, 6) is -0.942. The zero-order valence-corrected chi connectivity index (χ0v) is 40.4. The average molecular weight is 885 g/mol. The number of likely N-dealkylation sites (N-methyl/N-ethyl adjacent to an activating group) is 1. The molecule has 0 amide bonds. The summed E-state index contributed by atoms with van der Waals surface area (Å²) in [4.78, 5) is 35.4. The van der Waals surface area contributed by atoms with Gasteiger partial charge in [0.05, 0.1) is 27.7 Å². The number of nitrogens with zero attached hydrogens (tertiary/aromatic N) is 1. The van der Waals surface area contributed by atoms with Crippen LogP contribution in [-0.4, -0.2) is 74.9 Å². The van der Waals surface area contributed by atoms with Crippen LogP contribution in [0.5, 0.6) is 0 Å². The molecule has 0 aliphatic heterocycles. The number of phosphoric ester groups is 1. The van der Waals surface area contributed by atoms with Crippen LogP contribution in [0.1, 0.15) is 155 Å². The Bertz CT molecular complexity index is 1420. The van der Waals surface area contributed by atoms with Gasteiger partial charge in [-0.05, 0) is 96.3 Å². The van der Waals surface area contributed by atoms with Gasteiger partial charge in [0.2, 0.25) is 0 Å². The molecule has 0 aromatic rings. The lowest BCUT2D eigenvalue weighted by Gasteiger charge is -2.24. The maximum Gasteiger partial charge on any atom is 0.472 e. The number of hydrogen-bond donors (Lipinski definition) is 1. The highest BCUT2D eigenvalue weighted by molar-refractivity contribution is 7.47. The summed E-state index contributed by atoms with van der Waals surface area (Å²) in [6.45, 7) is 4.22. The van der Waals surface area contributed by atoms with Gasteiger partial charge in [0, 0.05) is 12.8 Å². The molecular weight excluding hydrogens is 798 g/mol. The molecule has 10 heteroatoms. The van der Waals surface area contributed by atoms with E-state index >= 15 is 0 Å². The smallest absolute Gasteiger partial charge is 0.462 e. The molecule has 1 N–H and O–H groups in total. The molecule has 0 fully saturated rings. The Morgan fingerprint density at radius 1 is 0.500 bits per heavy atom. The van der Waals surface area contributed by atoms with Gasteiger partial charge in [-0.25, -0.2) is 4.57 Å². The van der Waals surface area contributed by atoms with Gasteiger partial charge in [0.15, 0.2) is 6.10 Å². The van der Waals surface area contributed by atoms with E-state index in [0.717, 1.165) is 64.2 Å². The minimum absolute atomic E-state index is 0.00647. The second kappa shape index (κ2) is 42.9. The highest BCUT2D eigenvalue weighted by Gasteiger charge is 2.27. The lowest BCUT2D eigenvalue weighted by atomic mass is 10.1. The van der Waals surface area contributed by atoms with E-state index < -0.39 is 32.5 Å². The van der Waals surface area contributed by atoms with Gasteiger partial charge >= 0.3 is 19.8 Å². The molecule has 0 aliphatic carbocycles. The summed E-state index contributed by atoms with van der Waals surface area (Å²) in [7, 11) is 1.39. The van der Waals surface area contributed by atoms with E-state index in [9.17, 15) is 19.0 Å². The predicted molar refractivity (Wildman–Crippen MR) is 261 cm³/mol. The van der Waals surface area contributed by atoms with Crippen molar-refractivity contribution in [1.29, 1.82) is 0 Å². The van der Waals surface area contributed by atoms with Crippen LogP contribution in [0.3, 0.4) is 0 Å². The molecule has 0 radical (unpaired) electrons. The van der Waals surface area contributed by atoms with Gasteiger partial charge in [-0.2, -0.15) is 0 Å². The third-order valence-corrected chi connectivity index (χ3v) is 10.3. The first-order valence-electron chi connectivity index (χ1n) is 23.6. The third kappa shape index (κ3) is 46.2. The van der Waals surface area contributed by atoms with E-state index in [1.807, 2.05) is 33.3 Å². The predicted octanol–water partition coefficient (Wildman–Crippen LogP) is 13.9. The fraction of sp³-hybridized carbons (Fsp3) is 0.615. The van der Waals surface area contributed by atoms with Gasteiger partial charge < -0.3 is 18.9 Å². The molecule has 0 aromatic carbocycles. The number of phosphoric acid groups is 1. The van der Waals surface area contributed by atoms with E-state index in [1.165, 1.54) is 51.4 Å². The number of allylic oxidation sites excluding steroid dienone is 18. The summed E-state index contributed by atoms with van der Waals surface area (Å²) in [5, 5.41) is 0. The molecule has 9 nitrogen and oxygen atoms in total. The molecule has 0 aliphatic rings. The molecule has 2 atom stereocenters. The van der Waals surface area contributed by atoms with Crippen LogP contribution in [0.2, 0.25) is 0 Å². The lowest BCUT2D eigenvalue weighted by Crippen LogP contribution is -2.37. The van der Waals surface area contributed by atoms with Crippen LogP contribution in [0.25, 0.3) is 0 Å². The Morgan fingerprint density at radius 2 is 0.903 bits per heavy atom. The highest BCUT2D eigenvalue weighted by Crippen LogP contribution is 2.43. The van der Waals surface area contributed by atoms with Crippen molar-refractivity contribution >= 4 is 19.8 Å². The van der Waals surface area contributed by atoms with E-state index in [-0.39, 0.29) is 26.1 Å². The van der Waals surface area contributed by atoms with E-state index in [0.29, 0.717) is 23.9 Å². The van der Waals surface area contributed by atoms with Gasteiger partial charge in [-0.1, -0.05) is 155 Å². The third-order valence-electron chi connectivity index (χ3n) is 9.29. The Morgan fingerprint density at radius 3 is 1.32 bits per heavy atom. The number of carbonyl (C=O) groups is 2. The van der Waals surface area contributed by atoms with Gasteiger partial charge in [0.25, 0.3) is 0 Å². The van der Waals surface area contributed by atoms with Crippen LogP contribution in [-0.2, 0) is 32.7 Å². The average Bonchev–Trinajstić information content (AvgIpc) is 3.23. The van der Waals surface area contributed by atoms with Crippen molar-refractivity contribution in [2.75, 3.05) is 47.5 Å². The first-order valence-corrected chi connectivity index (χ1v) is 25.1. The quantitative estimate of drug-likeness (QED) is 0.0213. The van der Waals surface area contributed by atoms with Gasteiger partial charge in [-0.15, -0.1) is 0 Å². The van der Waals surface area contributed by atoms with Gasteiger partial charge in [0.1, 0.15) is 19.8 Å². The number of carbonyl (C=O) groups excluding carboxylic acids is 2. The molecule has 62 heavy (non-hydrogen) atoms. The topological polar surface area (TPSA) is 108 Å². The SMILES string of the molecule is CCCCC/C=C/C/C=C/C/C=C/C/C=C/C/C=C/CCC(=O)O[C@H](COC(=O)CCCCC/C=C/C/C=C/C/C=C/C/C=C/CCCCC)COP(=O)(O)OCC[N+](C)(C)C. The summed E-state index contributed by atoms with van der Waals surface area (Å²) in [6.07, 6.45) is 58.7. The van der Waals surface area contributed by atoms with Crippen LogP contribution in [0.15, 0.2) is 109 Å². The van der Waals surface area contributed by atoms with E-state index in [4.69, 9.17) is 18.5 Å². The minimum Gasteiger partial charge on any atom is -0.462 e. The summed E-state index contributed by atoms with van der Waals surface area (Å²) >= 11 is 0. The molecule has 0 saturated heterocycles. The zero-order chi connectivity index (χ0) is 45.7. The van der Waals surface area contributed by atoms with Crippen molar-refractivity contribution in [3.05, 3.63) is 109 Å². The van der Waals surface area contributed by atoms with Crippen LogP contribution >= 0.6 is 7.82 Å². The first-order chi connectivity index (χ1) is 30.0. The van der Waals surface area contributed by atoms with Crippen molar-refractivity contribution in [2.24, 2.45) is 0 Å². The van der Waals surface area contributed by atoms with Crippen LogP contribution in [0.4, 0.5) is 0 Å². The zero-order valence-electron chi connectivity index (χ0n) is 39.6. The largest absolute Gasteiger partial charge is 0.472 e. The minimum atomic E-state index is -4.41. The Hall–Kier alpha value is -3.33. The molecular formula is C52H87NO8P+. The molecule has 0 rings (SSSR count). The number of ether oxygens (including phenoxy) is 2. The van der Waals surface area contributed by atoms with Crippen LogP contribution < -0.4 is 0 Å². The van der Waals surface area contributed by atoms with Crippen molar-refractivity contribution < 1.29 is 42.1 Å². The van der Waals surface area contributed by atoms with Crippen LogP contribution in [0, 0.1) is 0 Å². The Kier molecular flexibility index (Phi) is 40.6. The van der Waals surface area contributed by atoms with Crippen molar-refractivity contribution in [3.63, 3.8) is 0 Å². The fourth-order valence-electron chi connectivity index (χ4n) is 5.57. The normalized spacial score (nSPS) is 14.5. The highest BCUT2D eigenvalue weighted by atomic mass is 31.2. The molecule has 352 valence electrons. The fourth-order valence-corrected chi connectivity index (χ4v) is 6.31. The Balaban J connectivity index is 4.53. The lowest BCUT2D eigenvalue weighted by molar-refractivity contribution is -0.870. The monoisotopic (exact) mass is 885 g/mol. The Labute approximate surface area is 378 Å². The van der Waals surface area contributed by atoms with Gasteiger partial charge in [-0.3, -0.25) is 18.6 Å². The summed E-state index contributed by atoms with van der Waals surface area (Å²) in [5.41, 5.74) is 0. The molecule has 0 bridgehead atoms. The molecule has 0 aromatic heterocycles. The van der Waals surface area contributed by atoms with Crippen molar-refractivity contribution in [3.8, 4) is 0 Å². The standard InChI is InChI=1S/C52H86NO8P/c1-6-8-10-12-14-16-18-20-22-24-26-28-30-32-34-36-38-40-42-44-51(54)58-48-50(49-60-62(56,57)59-47-46-53(3,4)5)61-52(55)45-43-41-39-37-35-33-31-29-27-25-23-21-19-17-15-13-11-9-7-2/h14-17,20-23,26-29,32-35,39,41,50H,6-13,18-19,24-25,30-31,36-38,40,42-49H2,1-5H3/p+1/b16-14+,17-15+,22-20+,23-21+,28-26+,29-27+,34-32+,35-33+,41-39+/t50-/m1/s1. The molecule has 0 spiro atoms. The second-order valence-corrected chi connectivity index (χ2v) is 17.9. The summed E-state index contributed by atoms with van der Waals surface area (Å²) in [6, 6.07) is 0. The molecule has 0 saturated carbocycles. The number of unbranched alkanes of at least 4 members (excludes halogenated alkanes) is 9. The maximum atomic E-state index is 12.7. The number of quaternary nitrogens is 1. The van der Waals surface area contributed by atoms with Crippen molar-refractivity contribution in [2.45, 2.75) is 161 Å². The van der Waals surface area contributed by atoms with E-state index in [1.54, 1.807) is 0 Å². The van der Waals surface area contributed by atoms with Crippen molar-refractivity contribution in [1.82, 2.24) is 0 Å². The molecule has 0 heterocycles. The maximum absolute atomic E-state index is 12.7. The van der Waals surface area contributed by atoms with E-state index in [2.05, 4.69) is 111 Å². The number of esters is 2. The number of hydrogen-bond acceptors (Lipinski definition) is 7.